The van der Waals surface area contributed by atoms with Crippen LogP contribution in [0.5, 0.6) is 5.75 Å². The van der Waals surface area contributed by atoms with Crippen LogP contribution >= 0.6 is 49.9 Å². The van der Waals surface area contributed by atoms with Crippen molar-refractivity contribution in [2.75, 3.05) is 12.4 Å². The lowest BCUT2D eigenvalue weighted by molar-refractivity contribution is 0.415. The SMILES string of the molecule is COc1ccc(Br)c2c1-c1nc(Nc3ccc(I)cc3)sc1CC2. The molecule has 0 fully saturated rings. The maximum absolute atomic E-state index is 5.59. The first-order valence-electron chi connectivity index (χ1n) is 7.53. The fraction of sp³-hybridized carbons (Fsp3) is 0.167. The average Bonchev–Trinajstić information content (AvgIpc) is 3.00. The number of aryl methyl sites for hydroxylation is 1. The highest BCUT2D eigenvalue weighted by molar-refractivity contribution is 14.1. The molecule has 3 aromatic rings. The monoisotopic (exact) mass is 512 g/mol. The number of anilines is 2. The molecular weight excluding hydrogens is 499 g/mol. The van der Waals surface area contributed by atoms with E-state index in [2.05, 4.69) is 74.2 Å². The molecule has 122 valence electrons. The molecule has 0 radical (unpaired) electrons. The van der Waals surface area contributed by atoms with E-state index >= 15 is 0 Å². The van der Waals surface area contributed by atoms with Gasteiger partial charge in [0.1, 0.15) is 5.75 Å². The van der Waals surface area contributed by atoms with E-state index in [0.717, 1.165) is 45.1 Å². The molecule has 4 rings (SSSR count). The van der Waals surface area contributed by atoms with E-state index in [0.29, 0.717) is 0 Å². The molecule has 1 aliphatic rings. The van der Waals surface area contributed by atoms with Crippen molar-refractivity contribution in [1.82, 2.24) is 4.98 Å². The first kappa shape index (κ1) is 16.4. The van der Waals surface area contributed by atoms with Gasteiger partial charge in [-0.15, -0.1) is 11.3 Å². The zero-order chi connectivity index (χ0) is 16.7. The molecule has 3 nitrogen and oxygen atoms in total. The summed E-state index contributed by atoms with van der Waals surface area (Å²) in [7, 11) is 1.72. The van der Waals surface area contributed by atoms with Crippen molar-refractivity contribution in [3.05, 3.63) is 54.9 Å². The fourth-order valence-electron chi connectivity index (χ4n) is 2.94. The van der Waals surface area contributed by atoms with Crippen LogP contribution in [-0.2, 0) is 12.8 Å². The van der Waals surface area contributed by atoms with Gasteiger partial charge in [-0.1, -0.05) is 15.9 Å². The van der Waals surface area contributed by atoms with E-state index in [1.54, 1.807) is 18.4 Å². The van der Waals surface area contributed by atoms with Gasteiger partial charge in [-0.05, 0) is 77.4 Å². The number of thiazole rings is 1. The van der Waals surface area contributed by atoms with E-state index in [1.807, 2.05) is 6.07 Å². The molecule has 0 atom stereocenters. The summed E-state index contributed by atoms with van der Waals surface area (Å²) in [5.41, 5.74) is 4.52. The minimum absolute atomic E-state index is 0.889. The van der Waals surface area contributed by atoms with Gasteiger partial charge in [0.25, 0.3) is 0 Å². The predicted molar refractivity (Wildman–Crippen MR) is 112 cm³/mol. The van der Waals surface area contributed by atoms with Gasteiger partial charge in [0.15, 0.2) is 5.13 Å². The molecule has 0 aliphatic heterocycles. The summed E-state index contributed by atoms with van der Waals surface area (Å²) in [6.45, 7) is 0. The first-order chi connectivity index (χ1) is 11.7. The average molecular weight is 513 g/mol. The van der Waals surface area contributed by atoms with Crippen molar-refractivity contribution in [1.29, 1.82) is 0 Å². The Morgan fingerprint density at radius 1 is 1.17 bits per heavy atom. The number of aromatic nitrogens is 1. The number of fused-ring (bicyclic) bond motifs is 3. The maximum atomic E-state index is 5.59. The second kappa shape index (κ2) is 6.65. The molecule has 0 bridgehead atoms. The number of halogens is 2. The van der Waals surface area contributed by atoms with Gasteiger partial charge in [-0.2, -0.15) is 0 Å². The van der Waals surface area contributed by atoms with E-state index in [1.165, 1.54) is 14.0 Å². The lowest BCUT2D eigenvalue weighted by Crippen LogP contribution is -2.05. The molecule has 0 saturated heterocycles. The summed E-state index contributed by atoms with van der Waals surface area (Å²) in [6, 6.07) is 12.4. The van der Waals surface area contributed by atoms with Crippen LogP contribution in [0.1, 0.15) is 10.4 Å². The molecular formula is C18H14BrIN2OS. The predicted octanol–water partition coefficient (Wildman–Crippen LogP) is 6.03. The Morgan fingerprint density at radius 3 is 2.71 bits per heavy atom. The molecule has 1 N–H and O–H groups in total. The Bertz CT molecular complexity index is 908. The summed E-state index contributed by atoms with van der Waals surface area (Å²) < 4.78 is 7.94. The van der Waals surface area contributed by atoms with Crippen LogP contribution in [-0.4, -0.2) is 12.1 Å². The van der Waals surface area contributed by atoms with Gasteiger partial charge in [-0.25, -0.2) is 4.98 Å². The van der Waals surface area contributed by atoms with Crippen LogP contribution in [0.15, 0.2) is 40.9 Å². The smallest absolute Gasteiger partial charge is 0.187 e. The van der Waals surface area contributed by atoms with Crippen molar-refractivity contribution in [2.45, 2.75) is 12.8 Å². The van der Waals surface area contributed by atoms with Crippen LogP contribution in [0, 0.1) is 3.57 Å². The van der Waals surface area contributed by atoms with Gasteiger partial charge >= 0.3 is 0 Å². The molecule has 1 aromatic heterocycles. The van der Waals surface area contributed by atoms with Crippen LogP contribution in [0.25, 0.3) is 11.3 Å². The third-order valence-electron chi connectivity index (χ3n) is 4.07. The molecule has 6 heteroatoms. The molecule has 0 spiro atoms. The lowest BCUT2D eigenvalue weighted by atomic mass is 9.93. The molecule has 24 heavy (non-hydrogen) atoms. The van der Waals surface area contributed by atoms with Gasteiger partial charge in [0.2, 0.25) is 0 Å². The molecule has 0 amide bonds. The standard InChI is InChI=1S/C18H14BrIN2OS/c1-23-14-8-7-13(19)12-6-9-15-17(16(12)14)22-18(24-15)21-11-4-2-10(20)3-5-11/h2-5,7-8H,6,9H2,1H3,(H,21,22). The van der Waals surface area contributed by atoms with Gasteiger partial charge in [0.05, 0.1) is 12.8 Å². The van der Waals surface area contributed by atoms with E-state index in [-0.39, 0.29) is 0 Å². The number of ether oxygens (including phenoxy) is 1. The Balaban J connectivity index is 1.75. The minimum atomic E-state index is 0.889. The van der Waals surface area contributed by atoms with Crippen LogP contribution in [0.2, 0.25) is 0 Å². The Labute approximate surface area is 166 Å². The Morgan fingerprint density at radius 2 is 1.96 bits per heavy atom. The maximum Gasteiger partial charge on any atom is 0.187 e. The zero-order valence-electron chi connectivity index (χ0n) is 12.9. The number of hydrogen-bond donors (Lipinski definition) is 1. The minimum Gasteiger partial charge on any atom is -0.496 e. The second-order valence-corrected chi connectivity index (χ2v) is 8.71. The van der Waals surface area contributed by atoms with Crippen LogP contribution in [0.4, 0.5) is 10.8 Å². The fourth-order valence-corrected chi connectivity index (χ4v) is 4.82. The van der Waals surface area contributed by atoms with Crippen molar-refractivity contribution in [3.8, 4) is 17.0 Å². The van der Waals surface area contributed by atoms with Crippen LogP contribution in [0.3, 0.4) is 0 Å². The highest BCUT2D eigenvalue weighted by Gasteiger charge is 2.26. The number of methoxy groups -OCH3 is 1. The molecule has 2 aromatic carbocycles. The van der Waals surface area contributed by atoms with Crippen molar-refractivity contribution in [2.24, 2.45) is 0 Å². The number of benzene rings is 2. The highest BCUT2D eigenvalue weighted by atomic mass is 127. The van der Waals surface area contributed by atoms with Crippen molar-refractivity contribution >= 4 is 60.7 Å². The van der Waals surface area contributed by atoms with Crippen molar-refractivity contribution < 1.29 is 4.74 Å². The Hall–Kier alpha value is -1.12. The van der Waals surface area contributed by atoms with Gasteiger partial charge < -0.3 is 10.1 Å². The van der Waals surface area contributed by atoms with Gasteiger partial charge in [0, 0.05) is 24.2 Å². The van der Waals surface area contributed by atoms with E-state index in [4.69, 9.17) is 9.72 Å². The lowest BCUT2D eigenvalue weighted by Gasteiger charge is -2.19. The highest BCUT2D eigenvalue weighted by Crippen LogP contribution is 2.45. The molecule has 0 saturated carbocycles. The largest absolute Gasteiger partial charge is 0.496 e. The number of rotatable bonds is 3. The first-order valence-corrected chi connectivity index (χ1v) is 10.2. The quantitative estimate of drug-likeness (QED) is 0.435. The summed E-state index contributed by atoms with van der Waals surface area (Å²) in [5.74, 6) is 0.889. The van der Waals surface area contributed by atoms with E-state index in [9.17, 15) is 0 Å². The number of nitrogens with zero attached hydrogens (tertiary/aromatic N) is 1. The van der Waals surface area contributed by atoms with E-state index < -0.39 is 0 Å². The number of hydrogen-bond acceptors (Lipinski definition) is 4. The summed E-state index contributed by atoms with van der Waals surface area (Å²) in [6.07, 6.45) is 2.02. The summed E-state index contributed by atoms with van der Waals surface area (Å²) in [5, 5.41) is 4.35. The van der Waals surface area contributed by atoms with Crippen LogP contribution < -0.4 is 10.1 Å². The third-order valence-corrected chi connectivity index (χ3v) is 6.56. The number of nitrogens with one attached hydrogen (secondary N) is 1. The van der Waals surface area contributed by atoms with Crippen molar-refractivity contribution in [3.63, 3.8) is 0 Å². The summed E-state index contributed by atoms with van der Waals surface area (Å²) >= 11 is 7.71. The topological polar surface area (TPSA) is 34.1 Å². The molecule has 0 unspecified atom stereocenters. The van der Waals surface area contributed by atoms with Gasteiger partial charge in [-0.3, -0.25) is 0 Å². The normalized spacial score (nSPS) is 12.5. The zero-order valence-corrected chi connectivity index (χ0v) is 17.5. The summed E-state index contributed by atoms with van der Waals surface area (Å²) in [4.78, 5) is 6.18. The molecule has 1 heterocycles. The second-order valence-electron chi connectivity index (χ2n) is 5.53. The third kappa shape index (κ3) is 2.95. The molecule has 1 aliphatic carbocycles. The Kier molecular flexibility index (Phi) is 4.53.